The number of nitrogens with one attached hydrogen (secondary N) is 2. The molecule has 4 heteroatoms. The van der Waals surface area contributed by atoms with Gasteiger partial charge in [0.2, 0.25) is 0 Å². The quantitative estimate of drug-likeness (QED) is 0.604. The van der Waals surface area contributed by atoms with E-state index in [0.29, 0.717) is 13.0 Å². The molecule has 4 nitrogen and oxygen atoms in total. The van der Waals surface area contributed by atoms with E-state index >= 15 is 0 Å². The monoisotopic (exact) mass is 232 g/mol. The molecule has 90 valence electrons. The minimum absolute atomic E-state index is 0.229. The van der Waals surface area contributed by atoms with E-state index < -0.39 is 0 Å². The zero-order chi connectivity index (χ0) is 12.5. The fraction of sp³-hybridized carbons (Fsp3) is 0.308. The molecule has 0 aliphatic carbocycles. The van der Waals surface area contributed by atoms with Gasteiger partial charge in [-0.25, -0.2) is 4.79 Å². The van der Waals surface area contributed by atoms with Crippen LogP contribution in [0.1, 0.15) is 12.8 Å². The molecule has 0 aliphatic heterocycles. The smallest absolute Gasteiger partial charge is 0.319 e. The molecule has 1 aromatic rings. The molecule has 1 aromatic carbocycles. The first kappa shape index (κ1) is 12.9. The van der Waals surface area contributed by atoms with Gasteiger partial charge in [-0.2, -0.15) is 0 Å². The second-order valence-electron chi connectivity index (χ2n) is 3.42. The SMILES string of the molecule is C#CCCCNC(=O)Nc1ccc(OC)cc1. The van der Waals surface area contributed by atoms with Crippen molar-refractivity contribution in [3.63, 3.8) is 0 Å². The highest BCUT2D eigenvalue weighted by Crippen LogP contribution is 2.14. The first-order valence-corrected chi connectivity index (χ1v) is 5.38. The molecule has 0 spiro atoms. The van der Waals surface area contributed by atoms with Gasteiger partial charge >= 0.3 is 6.03 Å². The van der Waals surface area contributed by atoms with Crippen molar-refractivity contribution in [3.8, 4) is 18.1 Å². The van der Waals surface area contributed by atoms with Crippen LogP contribution in [0, 0.1) is 12.3 Å². The summed E-state index contributed by atoms with van der Waals surface area (Å²) in [5.41, 5.74) is 0.722. The van der Waals surface area contributed by atoms with Gasteiger partial charge in [0.25, 0.3) is 0 Å². The zero-order valence-corrected chi connectivity index (χ0v) is 9.82. The molecular weight excluding hydrogens is 216 g/mol. The summed E-state index contributed by atoms with van der Waals surface area (Å²) in [7, 11) is 1.60. The minimum Gasteiger partial charge on any atom is -0.497 e. The number of rotatable bonds is 5. The molecule has 1 rings (SSSR count). The van der Waals surface area contributed by atoms with Crippen molar-refractivity contribution in [2.24, 2.45) is 0 Å². The van der Waals surface area contributed by atoms with Gasteiger partial charge in [-0.3, -0.25) is 0 Å². The number of anilines is 1. The van der Waals surface area contributed by atoms with Crippen molar-refractivity contribution in [2.45, 2.75) is 12.8 Å². The van der Waals surface area contributed by atoms with Crippen LogP contribution in [0.3, 0.4) is 0 Å². The lowest BCUT2D eigenvalue weighted by atomic mass is 10.3. The third kappa shape index (κ3) is 4.94. The van der Waals surface area contributed by atoms with Gasteiger partial charge in [0, 0.05) is 18.7 Å². The van der Waals surface area contributed by atoms with E-state index in [0.717, 1.165) is 17.9 Å². The van der Waals surface area contributed by atoms with Crippen molar-refractivity contribution >= 4 is 11.7 Å². The number of amides is 2. The number of unbranched alkanes of at least 4 members (excludes halogenated alkanes) is 1. The number of terminal acetylenes is 1. The molecule has 0 saturated carbocycles. The average Bonchev–Trinajstić information content (AvgIpc) is 2.36. The maximum absolute atomic E-state index is 11.4. The summed E-state index contributed by atoms with van der Waals surface area (Å²) < 4.78 is 5.02. The summed E-state index contributed by atoms with van der Waals surface area (Å²) in [6.07, 6.45) is 6.56. The summed E-state index contributed by atoms with van der Waals surface area (Å²) in [6, 6.07) is 6.90. The summed E-state index contributed by atoms with van der Waals surface area (Å²) in [5.74, 6) is 3.27. The lowest BCUT2D eigenvalue weighted by molar-refractivity contribution is 0.252. The number of hydrogen-bond acceptors (Lipinski definition) is 2. The number of carbonyl (C=O) groups is 1. The molecule has 0 saturated heterocycles. The summed E-state index contributed by atoms with van der Waals surface area (Å²) in [4.78, 5) is 11.4. The lowest BCUT2D eigenvalue weighted by Crippen LogP contribution is -2.29. The van der Waals surface area contributed by atoms with Crippen LogP contribution in [0.2, 0.25) is 0 Å². The van der Waals surface area contributed by atoms with Crippen LogP contribution >= 0.6 is 0 Å². The van der Waals surface area contributed by atoms with Crippen LogP contribution in [-0.2, 0) is 0 Å². The molecule has 0 aliphatic rings. The highest BCUT2D eigenvalue weighted by molar-refractivity contribution is 5.89. The Hall–Kier alpha value is -2.15. The average molecular weight is 232 g/mol. The van der Waals surface area contributed by atoms with Gasteiger partial charge in [0.05, 0.1) is 7.11 Å². The van der Waals surface area contributed by atoms with Crippen molar-refractivity contribution in [2.75, 3.05) is 19.0 Å². The molecule has 0 bridgehead atoms. The largest absolute Gasteiger partial charge is 0.497 e. The summed E-state index contributed by atoms with van der Waals surface area (Å²) in [5, 5.41) is 5.43. The second kappa shape index (κ2) is 7.18. The molecule has 0 heterocycles. The number of methoxy groups -OCH3 is 1. The van der Waals surface area contributed by atoms with E-state index in [1.165, 1.54) is 0 Å². The first-order valence-electron chi connectivity index (χ1n) is 5.38. The van der Waals surface area contributed by atoms with Crippen LogP contribution in [0.5, 0.6) is 5.75 Å². The summed E-state index contributed by atoms with van der Waals surface area (Å²) in [6.45, 7) is 0.576. The van der Waals surface area contributed by atoms with Crippen LogP contribution in [0.4, 0.5) is 10.5 Å². The Labute approximate surface area is 101 Å². The highest BCUT2D eigenvalue weighted by atomic mass is 16.5. The standard InChI is InChI=1S/C13H16N2O2/c1-3-4-5-10-14-13(16)15-11-6-8-12(17-2)9-7-11/h1,6-9H,4-5,10H2,2H3,(H2,14,15,16). The fourth-order valence-electron chi connectivity index (χ4n) is 1.24. The summed E-state index contributed by atoms with van der Waals surface area (Å²) >= 11 is 0. The van der Waals surface area contributed by atoms with Crippen LogP contribution in [0.15, 0.2) is 24.3 Å². The van der Waals surface area contributed by atoms with Crippen molar-refractivity contribution in [1.29, 1.82) is 0 Å². The van der Waals surface area contributed by atoms with E-state index in [1.54, 1.807) is 31.4 Å². The number of carbonyl (C=O) groups excluding carboxylic acids is 1. The van der Waals surface area contributed by atoms with E-state index in [4.69, 9.17) is 11.2 Å². The Bertz CT molecular complexity index is 393. The van der Waals surface area contributed by atoms with E-state index in [-0.39, 0.29) is 6.03 Å². The van der Waals surface area contributed by atoms with E-state index in [9.17, 15) is 4.79 Å². The molecular formula is C13H16N2O2. The Morgan fingerprint density at radius 2 is 2.12 bits per heavy atom. The molecule has 0 aromatic heterocycles. The van der Waals surface area contributed by atoms with Gasteiger partial charge in [0.1, 0.15) is 5.75 Å². The molecule has 2 N–H and O–H groups in total. The molecule has 0 radical (unpaired) electrons. The normalized spacial score (nSPS) is 9.18. The highest BCUT2D eigenvalue weighted by Gasteiger charge is 2.00. The molecule has 0 unspecified atom stereocenters. The predicted octanol–water partition coefficient (Wildman–Crippen LogP) is 2.23. The molecule has 0 fully saturated rings. The topological polar surface area (TPSA) is 50.4 Å². The third-order valence-corrected chi connectivity index (χ3v) is 2.13. The van der Waals surface area contributed by atoms with Crippen molar-refractivity contribution in [3.05, 3.63) is 24.3 Å². The fourth-order valence-corrected chi connectivity index (χ4v) is 1.24. The van der Waals surface area contributed by atoms with Gasteiger partial charge in [-0.05, 0) is 30.7 Å². The van der Waals surface area contributed by atoms with Gasteiger partial charge in [-0.1, -0.05) is 0 Å². The Morgan fingerprint density at radius 3 is 2.71 bits per heavy atom. The van der Waals surface area contributed by atoms with E-state index in [1.807, 2.05) is 0 Å². The minimum atomic E-state index is -0.229. The van der Waals surface area contributed by atoms with Gasteiger partial charge < -0.3 is 15.4 Å². The number of benzene rings is 1. The Kier molecular flexibility index (Phi) is 5.45. The van der Waals surface area contributed by atoms with Crippen molar-refractivity contribution in [1.82, 2.24) is 5.32 Å². The van der Waals surface area contributed by atoms with Crippen LogP contribution < -0.4 is 15.4 Å². The third-order valence-electron chi connectivity index (χ3n) is 2.13. The molecule has 2 amide bonds. The maximum Gasteiger partial charge on any atom is 0.319 e. The number of hydrogen-bond donors (Lipinski definition) is 2. The van der Waals surface area contributed by atoms with Gasteiger partial charge in [0.15, 0.2) is 0 Å². The number of ether oxygens (including phenoxy) is 1. The first-order chi connectivity index (χ1) is 8.26. The van der Waals surface area contributed by atoms with Crippen molar-refractivity contribution < 1.29 is 9.53 Å². The maximum atomic E-state index is 11.4. The molecule has 0 atom stereocenters. The molecule has 17 heavy (non-hydrogen) atoms. The zero-order valence-electron chi connectivity index (χ0n) is 9.82. The van der Waals surface area contributed by atoms with Crippen LogP contribution in [0.25, 0.3) is 0 Å². The van der Waals surface area contributed by atoms with E-state index in [2.05, 4.69) is 16.6 Å². The van der Waals surface area contributed by atoms with Gasteiger partial charge in [-0.15, -0.1) is 12.3 Å². The Morgan fingerprint density at radius 1 is 1.41 bits per heavy atom. The number of urea groups is 1. The van der Waals surface area contributed by atoms with Crippen LogP contribution in [-0.4, -0.2) is 19.7 Å². The predicted molar refractivity (Wildman–Crippen MR) is 68.1 cm³/mol. The second-order valence-corrected chi connectivity index (χ2v) is 3.42. The Balaban J connectivity index is 2.32. The lowest BCUT2D eigenvalue weighted by Gasteiger charge is -2.07.